The summed E-state index contributed by atoms with van der Waals surface area (Å²) in [5, 5.41) is 1.17. The molecule has 1 aromatic carbocycles. The van der Waals surface area contributed by atoms with Crippen LogP contribution in [0.5, 0.6) is 5.88 Å². The van der Waals surface area contributed by atoms with Crippen molar-refractivity contribution in [2.24, 2.45) is 0 Å². The highest BCUT2D eigenvalue weighted by atomic mass is 16.5. The van der Waals surface area contributed by atoms with Gasteiger partial charge in [-0.3, -0.25) is 0 Å². The predicted octanol–water partition coefficient (Wildman–Crippen LogP) is 4.18. The van der Waals surface area contributed by atoms with Crippen LogP contribution in [-0.2, 0) is 4.74 Å². The van der Waals surface area contributed by atoms with Gasteiger partial charge in [-0.05, 0) is 43.0 Å². The van der Waals surface area contributed by atoms with Crippen molar-refractivity contribution in [3.63, 3.8) is 0 Å². The minimum atomic E-state index is 0.141. The molecule has 4 heterocycles. The Bertz CT molecular complexity index is 955. The van der Waals surface area contributed by atoms with Crippen molar-refractivity contribution >= 4 is 16.7 Å². The Morgan fingerprint density at radius 2 is 1.86 bits per heavy atom. The number of rotatable bonds is 4. The number of pyridine rings is 2. The summed E-state index contributed by atoms with van der Waals surface area (Å²) in [5.74, 6) is 2.31. The molecule has 5 nitrogen and oxygen atoms in total. The molecular formula is C23H25N3O2. The Morgan fingerprint density at radius 1 is 0.964 bits per heavy atom. The molecule has 0 saturated carbocycles. The third-order valence-electron chi connectivity index (χ3n) is 5.79. The fraction of sp³-hybridized carbons (Fsp3) is 0.391. The summed E-state index contributed by atoms with van der Waals surface area (Å²) in [4.78, 5) is 11.7. The first-order valence-electron chi connectivity index (χ1n) is 10.2. The third-order valence-corrected chi connectivity index (χ3v) is 5.79. The standard InChI is InChI=1S/C23H25N3O2/c1-2-6-21-18(4-1)7-8-22(25-21)26-13-9-19(16-26)28-23-20(5-3-12-24-23)17-10-14-27-15-11-17/h1-8,12,17,19H,9-11,13-16H2/t19-/m1/s1. The molecule has 2 fully saturated rings. The van der Waals surface area contributed by atoms with E-state index in [-0.39, 0.29) is 6.10 Å². The smallest absolute Gasteiger partial charge is 0.217 e. The molecule has 2 aliphatic heterocycles. The van der Waals surface area contributed by atoms with E-state index in [9.17, 15) is 0 Å². The van der Waals surface area contributed by atoms with Crippen LogP contribution >= 0.6 is 0 Å². The molecule has 1 atom stereocenters. The lowest BCUT2D eigenvalue weighted by Gasteiger charge is -2.25. The van der Waals surface area contributed by atoms with Crippen LogP contribution in [-0.4, -0.2) is 42.4 Å². The molecule has 2 aliphatic rings. The van der Waals surface area contributed by atoms with E-state index in [1.54, 1.807) is 0 Å². The molecule has 144 valence electrons. The van der Waals surface area contributed by atoms with Crippen LogP contribution in [0.15, 0.2) is 54.7 Å². The number of para-hydroxylation sites is 1. The van der Waals surface area contributed by atoms with Crippen molar-refractivity contribution in [3.8, 4) is 5.88 Å². The number of aromatic nitrogens is 2. The van der Waals surface area contributed by atoms with Crippen molar-refractivity contribution in [1.29, 1.82) is 0 Å². The number of ether oxygens (including phenoxy) is 2. The fourth-order valence-electron chi connectivity index (χ4n) is 4.24. The van der Waals surface area contributed by atoms with Gasteiger partial charge in [0.15, 0.2) is 0 Å². The van der Waals surface area contributed by atoms with Gasteiger partial charge in [0.25, 0.3) is 0 Å². The second kappa shape index (κ2) is 7.76. The average molecular weight is 375 g/mol. The zero-order valence-corrected chi connectivity index (χ0v) is 16.0. The first-order chi connectivity index (χ1) is 13.9. The number of anilines is 1. The molecule has 3 aromatic rings. The van der Waals surface area contributed by atoms with E-state index in [2.05, 4.69) is 40.2 Å². The Kier molecular flexibility index (Phi) is 4.83. The lowest BCUT2D eigenvalue weighted by atomic mass is 9.92. The van der Waals surface area contributed by atoms with Crippen LogP contribution in [0.2, 0.25) is 0 Å². The van der Waals surface area contributed by atoms with E-state index >= 15 is 0 Å². The predicted molar refractivity (Wildman–Crippen MR) is 110 cm³/mol. The molecule has 5 heteroatoms. The molecule has 0 radical (unpaired) electrons. The zero-order valence-electron chi connectivity index (χ0n) is 16.0. The summed E-state index contributed by atoms with van der Waals surface area (Å²) in [7, 11) is 0. The summed E-state index contributed by atoms with van der Waals surface area (Å²) in [5.41, 5.74) is 2.27. The van der Waals surface area contributed by atoms with Crippen LogP contribution < -0.4 is 9.64 Å². The van der Waals surface area contributed by atoms with Gasteiger partial charge < -0.3 is 14.4 Å². The van der Waals surface area contributed by atoms with Gasteiger partial charge in [0.1, 0.15) is 11.9 Å². The van der Waals surface area contributed by atoms with E-state index in [4.69, 9.17) is 14.5 Å². The summed E-state index contributed by atoms with van der Waals surface area (Å²) < 4.78 is 11.9. The second-order valence-corrected chi connectivity index (χ2v) is 7.62. The summed E-state index contributed by atoms with van der Waals surface area (Å²) in [6.07, 6.45) is 5.04. The highest BCUT2D eigenvalue weighted by molar-refractivity contribution is 5.80. The van der Waals surface area contributed by atoms with Crippen LogP contribution in [0.3, 0.4) is 0 Å². The van der Waals surface area contributed by atoms with Crippen LogP contribution in [0.25, 0.3) is 10.9 Å². The topological polar surface area (TPSA) is 47.5 Å². The quantitative estimate of drug-likeness (QED) is 0.685. The van der Waals surface area contributed by atoms with Crippen LogP contribution in [0.1, 0.15) is 30.7 Å². The molecule has 0 spiro atoms. The maximum Gasteiger partial charge on any atom is 0.217 e. The Hall–Kier alpha value is -2.66. The van der Waals surface area contributed by atoms with Crippen molar-refractivity contribution in [3.05, 3.63) is 60.3 Å². The first kappa shape index (κ1) is 17.4. The number of benzene rings is 1. The van der Waals surface area contributed by atoms with Gasteiger partial charge in [-0.2, -0.15) is 0 Å². The maximum atomic E-state index is 6.38. The van der Waals surface area contributed by atoms with E-state index in [0.29, 0.717) is 5.92 Å². The minimum Gasteiger partial charge on any atom is -0.472 e. The van der Waals surface area contributed by atoms with Crippen molar-refractivity contribution < 1.29 is 9.47 Å². The molecular weight excluding hydrogens is 350 g/mol. The van der Waals surface area contributed by atoms with Gasteiger partial charge in [0.2, 0.25) is 5.88 Å². The zero-order chi connectivity index (χ0) is 18.8. The van der Waals surface area contributed by atoms with Crippen molar-refractivity contribution in [2.75, 3.05) is 31.2 Å². The van der Waals surface area contributed by atoms with Gasteiger partial charge in [-0.1, -0.05) is 24.3 Å². The number of nitrogens with zero attached hydrogens (tertiary/aromatic N) is 3. The lowest BCUT2D eigenvalue weighted by Crippen LogP contribution is -2.26. The molecule has 0 amide bonds. The Morgan fingerprint density at radius 3 is 2.79 bits per heavy atom. The van der Waals surface area contributed by atoms with E-state index in [1.165, 1.54) is 10.9 Å². The van der Waals surface area contributed by atoms with Crippen LogP contribution in [0.4, 0.5) is 5.82 Å². The lowest BCUT2D eigenvalue weighted by molar-refractivity contribution is 0.0840. The Balaban J connectivity index is 1.30. The monoisotopic (exact) mass is 375 g/mol. The highest BCUT2D eigenvalue weighted by Gasteiger charge is 2.28. The first-order valence-corrected chi connectivity index (χ1v) is 10.2. The molecule has 0 unspecified atom stereocenters. The van der Waals surface area contributed by atoms with Crippen LogP contribution in [0, 0.1) is 0 Å². The molecule has 5 rings (SSSR count). The summed E-state index contributed by atoms with van der Waals surface area (Å²) in [6.45, 7) is 3.44. The van der Waals surface area contributed by atoms with Gasteiger partial charge >= 0.3 is 0 Å². The highest BCUT2D eigenvalue weighted by Crippen LogP contribution is 2.33. The van der Waals surface area contributed by atoms with E-state index in [1.807, 2.05) is 24.4 Å². The normalized spacial score (nSPS) is 20.6. The van der Waals surface area contributed by atoms with Gasteiger partial charge in [-0.25, -0.2) is 9.97 Å². The number of hydrogen-bond donors (Lipinski definition) is 0. The molecule has 2 saturated heterocycles. The Labute approximate surface area is 165 Å². The third kappa shape index (κ3) is 3.54. The molecule has 2 aromatic heterocycles. The molecule has 0 N–H and O–H groups in total. The SMILES string of the molecule is c1cnc(O[C@@H]2CCN(c3ccc4ccccc4n3)C2)c(C2CCOCC2)c1. The van der Waals surface area contributed by atoms with Gasteiger partial charge in [0, 0.05) is 43.3 Å². The number of hydrogen-bond acceptors (Lipinski definition) is 5. The van der Waals surface area contributed by atoms with E-state index in [0.717, 1.165) is 62.8 Å². The fourth-order valence-corrected chi connectivity index (χ4v) is 4.24. The van der Waals surface area contributed by atoms with Gasteiger partial charge in [0.05, 0.1) is 12.1 Å². The van der Waals surface area contributed by atoms with Crippen molar-refractivity contribution in [2.45, 2.75) is 31.3 Å². The molecule has 0 aliphatic carbocycles. The van der Waals surface area contributed by atoms with Crippen molar-refractivity contribution in [1.82, 2.24) is 9.97 Å². The average Bonchev–Trinajstić information content (AvgIpc) is 3.23. The molecule has 28 heavy (non-hydrogen) atoms. The summed E-state index contributed by atoms with van der Waals surface area (Å²) >= 11 is 0. The number of fused-ring (bicyclic) bond motifs is 1. The minimum absolute atomic E-state index is 0.141. The summed E-state index contributed by atoms with van der Waals surface area (Å²) in [6, 6.07) is 16.7. The molecule has 0 bridgehead atoms. The van der Waals surface area contributed by atoms with Gasteiger partial charge in [-0.15, -0.1) is 0 Å². The maximum absolute atomic E-state index is 6.38. The second-order valence-electron chi connectivity index (χ2n) is 7.62. The largest absolute Gasteiger partial charge is 0.472 e. The van der Waals surface area contributed by atoms with E-state index < -0.39 is 0 Å².